The number of nitrogens with zero attached hydrogens (tertiary/aromatic N) is 3. The molecule has 4 rings (SSSR count). The topological polar surface area (TPSA) is 45.2 Å². The highest BCUT2D eigenvalue weighted by Crippen LogP contribution is 2.33. The lowest BCUT2D eigenvalue weighted by Gasteiger charge is -2.29. The van der Waals surface area contributed by atoms with E-state index in [1.54, 1.807) is 11.8 Å². The number of thiocarbonyl (C=S) groups is 1. The van der Waals surface area contributed by atoms with Crippen LogP contribution in [0.1, 0.15) is 6.92 Å². The van der Waals surface area contributed by atoms with Gasteiger partial charge >= 0.3 is 6.36 Å². The largest absolute Gasteiger partial charge is 0.573 e. The molecule has 0 spiro atoms. The van der Waals surface area contributed by atoms with Crippen LogP contribution < -0.4 is 19.4 Å². The maximum absolute atomic E-state index is 12.9. The number of carbonyl (C=O) groups is 1. The normalized spacial score (nSPS) is 19.9. The van der Waals surface area contributed by atoms with Gasteiger partial charge < -0.3 is 19.3 Å². The maximum Gasteiger partial charge on any atom is 0.573 e. The fourth-order valence-electron chi connectivity index (χ4n) is 3.70. The van der Waals surface area contributed by atoms with Crippen LogP contribution in [0.25, 0.3) is 0 Å². The van der Waals surface area contributed by atoms with E-state index in [1.807, 2.05) is 24.3 Å². The van der Waals surface area contributed by atoms with E-state index in [0.717, 1.165) is 30.5 Å². The first-order valence-corrected chi connectivity index (χ1v) is 10.1. The van der Waals surface area contributed by atoms with Gasteiger partial charge in [0, 0.05) is 30.5 Å². The van der Waals surface area contributed by atoms with Crippen LogP contribution in [0.4, 0.5) is 30.2 Å². The predicted molar refractivity (Wildman–Crippen MR) is 115 cm³/mol. The van der Waals surface area contributed by atoms with Crippen LogP contribution in [0.3, 0.4) is 0 Å². The Labute approximate surface area is 182 Å². The van der Waals surface area contributed by atoms with Crippen molar-refractivity contribution in [1.82, 2.24) is 0 Å². The van der Waals surface area contributed by atoms with E-state index in [4.69, 9.17) is 17.0 Å². The van der Waals surface area contributed by atoms with E-state index in [-0.39, 0.29) is 16.7 Å². The Kier molecular flexibility index (Phi) is 5.76. The van der Waals surface area contributed by atoms with Crippen molar-refractivity contribution in [2.24, 2.45) is 0 Å². The van der Waals surface area contributed by atoms with E-state index >= 15 is 0 Å². The van der Waals surface area contributed by atoms with Gasteiger partial charge in [-0.05, 0) is 55.5 Å². The van der Waals surface area contributed by atoms with Gasteiger partial charge in [-0.15, -0.1) is 13.2 Å². The standard InChI is InChI=1S/C21H20F3N3O3S/c1-14-19(28)27(17-3-2-4-18(13-17)30-21(22,23)24)20(31)26(14)16-7-5-15(6-8-16)25-9-11-29-12-10-25/h2-8,13-14H,9-12H2,1H3. The molecule has 0 aliphatic carbocycles. The minimum atomic E-state index is -4.82. The Bertz CT molecular complexity index is 978. The first-order valence-electron chi connectivity index (χ1n) is 9.70. The zero-order valence-electron chi connectivity index (χ0n) is 16.6. The molecule has 6 nitrogen and oxygen atoms in total. The summed E-state index contributed by atoms with van der Waals surface area (Å²) in [6, 6.07) is 12.3. The molecule has 0 radical (unpaired) electrons. The number of amides is 1. The van der Waals surface area contributed by atoms with Crippen LogP contribution in [0.15, 0.2) is 48.5 Å². The van der Waals surface area contributed by atoms with Crippen LogP contribution in [0, 0.1) is 0 Å². The SMILES string of the molecule is CC1C(=O)N(c2cccc(OC(F)(F)F)c2)C(=S)N1c1ccc(N2CCOCC2)cc1. The number of alkyl halides is 3. The Hall–Kier alpha value is -2.85. The van der Waals surface area contributed by atoms with Crippen molar-refractivity contribution in [3.63, 3.8) is 0 Å². The number of halogens is 3. The zero-order valence-corrected chi connectivity index (χ0v) is 17.4. The monoisotopic (exact) mass is 451 g/mol. The summed E-state index contributed by atoms with van der Waals surface area (Å²) in [4.78, 5) is 18.1. The average molecular weight is 451 g/mol. The molecule has 31 heavy (non-hydrogen) atoms. The predicted octanol–water partition coefficient (Wildman–Crippen LogP) is 3.95. The number of anilines is 3. The molecule has 2 fully saturated rings. The highest BCUT2D eigenvalue weighted by Gasteiger charge is 2.41. The minimum absolute atomic E-state index is 0.195. The van der Waals surface area contributed by atoms with Crippen LogP contribution in [0.2, 0.25) is 0 Å². The molecule has 2 aliphatic rings. The molecule has 0 saturated carbocycles. The van der Waals surface area contributed by atoms with E-state index in [1.165, 1.54) is 23.1 Å². The Balaban J connectivity index is 1.57. The molecule has 0 aromatic heterocycles. The van der Waals surface area contributed by atoms with Gasteiger partial charge in [0.05, 0.1) is 18.9 Å². The molecule has 2 heterocycles. The lowest BCUT2D eigenvalue weighted by atomic mass is 10.2. The van der Waals surface area contributed by atoms with Crippen molar-refractivity contribution in [2.75, 3.05) is 41.0 Å². The molecule has 1 unspecified atom stereocenters. The molecular formula is C21H20F3N3O3S. The van der Waals surface area contributed by atoms with Gasteiger partial charge in [0.25, 0.3) is 5.91 Å². The quantitative estimate of drug-likeness (QED) is 0.656. The second-order valence-corrected chi connectivity index (χ2v) is 7.53. The molecule has 164 valence electrons. The fourth-order valence-corrected chi connectivity index (χ4v) is 4.16. The number of morpholine rings is 1. The third kappa shape index (κ3) is 4.45. The number of rotatable bonds is 4. The third-order valence-corrected chi connectivity index (χ3v) is 5.56. The zero-order chi connectivity index (χ0) is 22.2. The summed E-state index contributed by atoms with van der Waals surface area (Å²) < 4.78 is 47.1. The first-order chi connectivity index (χ1) is 14.7. The fraction of sp³-hybridized carbons (Fsp3) is 0.333. The molecule has 2 aliphatic heterocycles. The second kappa shape index (κ2) is 8.35. The molecular weight excluding hydrogens is 431 g/mol. The second-order valence-electron chi connectivity index (χ2n) is 7.16. The summed E-state index contributed by atoms with van der Waals surface area (Å²) in [7, 11) is 0. The Morgan fingerprint density at radius 3 is 2.32 bits per heavy atom. The van der Waals surface area contributed by atoms with Crippen molar-refractivity contribution in [2.45, 2.75) is 19.3 Å². The van der Waals surface area contributed by atoms with Crippen molar-refractivity contribution < 1.29 is 27.4 Å². The maximum atomic E-state index is 12.9. The molecule has 0 bridgehead atoms. The average Bonchev–Trinajstić information content (AvgIpc) is 2.96. The van der Waals surface area contributed by atoms with Gasteiger partial charge in [-0.2, -0.15) is 0 Å². The molecule has 2 aromatic rings. The van der Waals surface area contributed by atoms with Crippen LogP contribution in [0.5, 0.6) is 5.75 Å². The van der Waals surface area contributed by atoms with Gasteiger partial charge in [0.2, 0.25) is 0 Å². The van der Waals surface area contributed by atoms with Crippen LogP contribution in [-0.2, 0) is 9.53 Å². The van der Waals surface area contributed by atoms with E-state index in [9.17, 15) is 18.0 Å². The first kappa shape index (κ1) is 21.4. The number of benzene rings is 2. The van der Waals surface area contributed by atoms with Gasteiger partial charge in [0.1, 0.15) is 11.8 Å². The Morgan fingerprint density at radius 1 is 1.03 bits per heavy atom. The van der Waals surface area contributed by atoms with Crippen molar-refractivity contribution in [1.29, 1.82) is 0 Å². The highest BCUT2D eigenvalue weighted by molar-refractivity contribution is 7.81. The number of hydrogen-bond acceptors (Lipinski definition) is 5. The van der Waals surface area contributed by atoms with Crippen LogP contribution >= 0.6 is 12.2 Å². The molecule has 2 saturated heterocycles. The van der Waals surface area contributed by atoms with Crippen molar-refractivity contribution in [3.8, 4) is 5.75 Å². The molecule has 1 atom stereocenters. The van der Waals surface area contributed by atoms with Crippen molar-refractivity contribution >= 4 is 40.3 Å². The molecule has 10 heteroatoms. The van der Waals surface area contributed by atoms with Gasteiger partial charge in [0.15, 0.2) is 5.11 Å². The lowest BCUT2D eigenvalue weighted by Crippen LogP contribution is -2.36. The summed E-state index contributed by atoms with van der Waals surface area (Å²) >= 11 is 5.53. The summed E-state index contributed by atoms with van der Waals surface area (Å²) in [5.41, 5.74) is 1.99. The van der Waals surface area contributed by atoms with E-state index < -0.39 is 18.2 Å². The molecule has 0 N–H and O–H groups in total. The smallest absolute Gasteiger partial charge is 0.406 e. The summed E-state index contributed by atoms with van der Waals surface area (Å²) in [5.74, 6) is -0.743. The summed E-state index contributed by atoms with van der Waals surface area (Å²) in [6.45, 7) is 4.67. The molecule has 2 aromatic carbocycles. The number of hydrogen-bond donors (Lipinski definition) is 0. The van der Waals surface area contributed by atoms with Crippen LogP contribution in [-0.4, -0.2) is 49.7 Å². The lowest BCUT2D eigenvalue weighted by molar-refractivity contribution is -0.274. The van der Waals surface area contributed by atoms with E-state index in [0.29, 0.717) is 13.2 Å². The number of carbonyl (C=O) groups excluding carboxylic acids is 1. The van der Waals surface area contributed by atoms with Crippen molar-refractivity contribution in [3.05, 3.63) is 48.5 Å². The van der Waals surface area contributed by atoms with Gasteiger partial charge in [-0.1, -0.05) is 6.07 Å². The highest BCUT2D eigenvalue weighted by atomic mass is 32.1. The van der Waals surface area contributed by atoms with Gasteiger partial charge in [-0.25, -0.2) is 0 Å². The van der Waals surface area contributed by atoms with Gasteiger partial charge in [-0.3, -0.25) is 9.69 Å². The summed E-state index contributed by atoms with van der Waals surface area (Å²) in [5, 5.41) is 0.195. The number of ether oxygens (including phenoxy) is 2. The third-order valence-electron chi connectivity index (χ3n) is 5.18. The minimum Gasteiger partial charge on any atom is -0.406 e. The van der Waals surface area contributed by atoms with E-state index in [2.05, 4.69) is 9.64 Å². The molecule has 1 amide bonds. The summed E-state index contributed by atoms with van der Waals surface area (Å²) in [6.07, 6.45) is -4.82. The Morgan fingerprint density at radius 2 is 1.68 bits per heavy atom.